The molecule has 1 saturated heterocycles. The first-order chi connectivity index (χ1) is 9.69. The van der Waals surface area contributed by atoms with Crippen molar-refractivity contribution in [3.63, 3.8) is 0 Å². The Balaban J connectivity index is 1.84. The van der Waals surface area contributed by atoms with Crippen molar-refractivity contribution >= 4 is 5.82 Å². The number of rotatable bonds is 6. The van der Waals surface area contributed by atoms with Crippen LogP contribution in [0.3, 0.4) is 0 Å². The molecule has 0 atom stereocenters. The summed E-state index contributed by atoms with van der Waals surface area (Å²) in [7, 11) is 0. The maximum atomic E-state index is 4.37. The molecule has 5 heteroatoms. The SMILES string of the molecule is CCCN1CCN(c2ccc(CNC(C)C)nn2)CC1. The van der Waals surface area contributed by atoms with Crippen molar-refractivity contribution < 1.29 is 0 Å². The molecule has 0 amide bonds. The summed E-state index contributed by atoms with van der Waals surface area (Å²) in [6.07, 6.45) is 1.23. The molecule has 1 aromatic heterocycles. The molecule has 2 heterocycles. The fourth-order valence-corrected chi connectivity index (χ4v) is 2.44. The second kappa shape index (κ2) is 7.55. The topological polar surface area (TPSA) is 44.3 Å². The highest BCUT2D eigenvalue weighted by Crippen LogP contribution is 2.13. The third kappa shape index (κ3) is 4.42. The van der Waals surface area contributed by atoms with Gasteiger partial charge in [0.2, 0.25) is 0 Å². The fraction of sp³-hybridized carbons (Fsp3) is 0.733. The van der Waals surface area contributed by atoms with Crippen LogP contribution in [0, 0.1) is 0 Å². The van der Waals surface area contributed by atoms with Gasteiger partial charge in [-0.3, -0.25) is 4.90 Å². The zero-order valence-electron chi connectivity index (χ0n) is 13.0. The highest BCUT2D eigenvalue weighted by atomic mass is 15.3. The first kappa shape index (κ1) is 15.2. The molecule has 1 aromatic rings. The van der Waals surface area contributed by atoms with Crippen molar-refractivity contribution in [3.05, 3.63) is 17.8 Å². The molecule has 0 unspecified atom stereocenters. The van der Waals surface area contributed by atoms with Crippen LogP contribution in [0.5, 0.6) is 0 Å². The molecule has 1 N–H and O–H groups in total. The fourth-order valence-electron chi connectivity index (χ4n) is 2.44. The lowest BCUT2D eigenvalue weighted by Gasteiger charge is -2.34. The van der Waals surface area contributed by atoms with E-state index in [0.29, 0.717) is 6.04 Å². The van der Waals surface area contributed by atoms with Crippen LogP contribution < -0.4 is 10.2 Å². The molecule has 20 heavy (non-hydrogen) atoms. The monoisotopic (exact) mass is 277 g/mol. The normalized spacial score (nSPS) is 16.9. The van der Waals surface area contributed by atoms with Crippen molar-refractivity contribution in [2.24, 2.45) is 0 Å². The van der Waals surface area contributed by atoms with Gasteiger partial charge in [0, 0.05) is 38.8 Å². The van der Waals surface area contributed by atoms with Crippen LogP contribution in [0.25, 0.3) is 0 Å². The summed E-state index contributed by atoms with van der Waals surface area (Å²) in [6.45, 7) is 12.9. The summed E-state index contributed by atoms with van der Waals surface area (Å²) in [5.41, 5.74) is 1.01. The Morgan fingerprint density at radius 3 is 2.45 bits per heavy atom. The van der Waals surface area contributed by atoms with Gasteiger partial charge in [0.15, 0.2) is 5.82 Å². The molecule has 5 nitrogen and oxygen atoms in total. The third-order valence-electron chi connectivity index (χ3n) is 3.63. The van der Waals surface area contributed by atoms with Crippen LogP contribution in [-0.2, 0) is 6.54 Å². The van der Waals surface area contributed by atoms with E-state index in [2.05, 4.69) is 58.2 Å². The highest BCUT2D eigenvalue weighted by Gasteiger charge is 2.17. The Bertz CT molecular complexity index is 382. The number of anilines is 1. The van der Waals surface area contributed by atoms with Gasteiger partial charge >= 0.3 is 0 Å². The minimum absolute atomic E-state index is 0.475. The van der Waals surface area contributed by atoms with Crippen LogP contribution in [-0.4, -0.2) is 53.9 Å². The number of nitrogens with zero attached hydrogens (tertiary/aromatic N) is 4. The predicted octanol–water partition coefficient (Wildman–Crippen LogP) is 1.51. The summed E-state index contributed by atoms with van der Waals surface area (Å²) in [5, 5.41) is 12.0. The van der Waals surface area contributed by atoms with Crippen molar-refractivity contribution in [2.45, 2.75) is 39.8 Å². The second-order valence-corrected chi connectivity index (χ2v) is 5.75. The van der Waals surface area contributed by atoms with Crippen LogP contribution in [0.15, 0.2) is 12.1 Å². The molecule has 2 rings (SSSR count). The molecular formula is C15H27N5. The Labute approximate surface area is 122 Å². The van der Waals surface area contributed by atoms with Crippen LogP contribution >= 0.6 is 0 Å². The molecule has 0 spiro atoms. The standard InChI is InChI=1S/C15H27N5/c1-4-7-19-8-10-20(11-9-19)15-6-5-14(17-18-15)12-16-13(2)3/h5-6,13,16H,4,7-12H2,1-3H3. The van der Waals surface area contributed by atoms with Gasteiger partial charge < -0.3 is 10.2 Å². The quantitative estimate of drug-likeness (QED) is 0.854. The van der Waals surface area contributed by atoms with Gasteiger partial charge in [-0.05, 0) is 25.1 Å². The number of hydrogen-bond acceptors (Lipinski definition) is 5. The number of aromatic nitrogens is 2. The van der Waals surface area contributed by atoms with Crippen molar-refractivity contribution in [3.8, 4) is 0 Å². The maximum absolute atomic E-state index is 4.37. The molecule has 112 valence electrons. The van der Waals surface area contributed by atoms with E-state index in [-0.39, 0.29) is 0 Å². The van der Waals surface area contributed by atoms with Gasteiger partial charge in [-0.25, -0.2) is 0 Å². The van der Waals surface area contributed by atoms with E-state index in [0.717, 1.165) is 44.2 Å². The van der Waals surface area contributed by atoms with E-state index in [9.17, 15) is 0 Å². The molecule has 1 aliphatic rings. The molecule has 0 aromatic carbocycles. The second-order valence-electron chi connectivity index (χ2n) is 5.75. The van der Waals surface area contributed by atoms with Gasteiger partial charge in [0.05, 0.1) is 5.69 Å². The smallest absolute Gasteiger partial charge is 0.151 e. The van der Waals surface area contributed by atoms with E-state index in [1.54, 1.807) is 0 Å². The van der Waals surface area contributed by atoms with Crippen LogP contribution in [0.2, 0.25) is 0 Å². The van der Waals surface area contributed by atoms with Gasteiger partial charge in [0.25, 0.3) is 0 Å². The zero-order valence-corrected chi connectivity index (χ0v) is 13.0. The Morgan fingerprint density at radius 1 is 1.15 bits per heavy atom. The lowest BCUT2D eigenvalue weighted by Crippen LogP contribution is -2.46. The van der Waals surface area contributed by atoms with E-state index < -0.39 is 0 Å². The molecule has 0 saturated carbocycles. The largest absolute Gasteiger partial charge is 0.353 e. The Kier molecular flexibility index (Phi) is 5.73. The lowest BCUT2D eigenvalue weighted by molar-refractivity contribution is 0.258. The van der Waals surface area contributed by atoms with Crippen LogP contribution in [0.1, 0.15) is 32.9 Å². The predicted molar refractivity (Wildman–Crippen MR) is 83.0 cm³/mol. The first-order valence-electron chi connectivity index (χ1n) is 7.72. The Hall–Kier alpha value is -1.20. The van der Waals surface area contributed by atoms with Gasteiger partial charge in [-0.15, -0.1) is 5.10 Å². The summed E-state index contributed by atoms with van der Waals surface area (Å²) in [4.78, 5) is 4.85. The Morgan fingerprint density at radius 2 is 1.90 bits per heavy atom. The number of nitrogens with one attached hydrogen (secondary N) is 1. The first-order valence-corrected chi connectivity index (χ1v) is 7.72. The average molecular weight is 277 g/mol. The number of piperazine rings is 1. The summed E-state index contributed by atoms with van der Waals surface area (Å²) in [5.74, 6) is 1.01. The molecule has 1 aliphatic heterocycles. The van der Waals surface area contributed by atoms with E-state index in [1.165, 1.54) is 13.0 Å². The zero-order chi connectivity index (χ0) is 14.4. The maximum Gasteiger partial charge on any atom is 0.151 e. The van der Waals surface area contributed by atoms with E-state index in [1.807, 2.05) is 0 Å². The molecular weight excluding hydrogens is 250 g/mol. The summed E-state index contributed by atoms with van der Waals surface area (Å²) < 4.78 is 0. The van der Waals surface area contributed by atoms with Crippen LogP contribution in [0.4, 0.5) is 5.82 Å². The van der Waals surface area contributed by atoms with Crippen molar-refractivity contribution in [1.82, 2.24) is 20.4 Å². The van der Waals surface area contributed by atoms with E-state index in [4.69, 9.17) is 0 Å². The average Bonchev–Trinajstić information content (AvgIpc) is 2.47. The van der Waals surface area contributed by atoms with Gasteiger partial charge in [0.1, 0.15) is 0 Å². The third-order valence-corrected chi connectivity index (χ3v) is 3.63. The molecule has 1 fully saturated rings. The van der Waals surface area contributed by atoms with Gasteiger partial charge in [-0.1, -0.05) is 20.8 Å². The minimum Gasteiger partial charge on any atom is -0.353 e. The molecule has 0 aliphatic carbocycles. The highest BCUT2D eigenvalue weighted by molar-refractivity contribution is 5.37. The number of hydrogen-bond donors (Lipinski definition) is 1. The summed E-state index contributed by atoms with van der Waals surface area (Å²) >= 11 is 0. The summed E-state index contributed by atoms with van der Waals surface area (Å²) in [6, 6.07) is 4.65. The van der Waals surface area contributed by atoms with Gasteiger partial charge in [-0.2, -0.15) is 5.10 Å². The minimum atomic E-state index is 0.475. The molecule has 0 bridgehead atoms. The van der Waals surface area contributed by atoms with Crippen molar-refractivity contribution in [2.75, 3.05) is 37.6 Å². The molecule has 0 radical (unpaired) electrons. The van der Waals surface area contributed by atoms with Crippen molar-refractivity contribution in [1.29, 1.82) is 0 Å². The lowest BCUT2D eigenvalue weighted by atomic mass is 10.3. The van der Waals surface area contributed by atoms with E-state index >= 15 is 0 Å².